The van der Waals surface area contributed by atoms with Crippen LogP contribution in [0.15, 0.2) is 54.6 Å². The molecule has 0 unspecified atom stereocenters. The quantitative estimate of drug-likeness (QED) is 0.649. The molecule has 0 atom stereocenters. The predicted molar refractivity (Wildman–Crippen MR) is 96.8 cm³/mol. The molecule has 0 saturated carbocycles. The first-order valence-corrected chi connectivity index (χ1v) is 8.35. The van der Waals surface area contributed by atoms with E-state index in [-0.39, 0.29) is 5.91 Å². The molecular formula is C20H25NO3. The number of carbonyl (C=O) groups excluding carboxylic acids is 1. The van der Waals surface area contributed by atoms with Gasteiger partial charge in [0.2, 0.25) is 0 Å². The minimum Gasteiger partial charge on any atom is -0.490 e. The van der Waals surface area contributed by atoms with Crippen molar-refractivity contribution in [3.63, 3.8) is 0 Å². The Kier molecular flexibility index (Phi) is 7.30. The van der Waals surface area contributed by atoms with Crippen LogP contribution in [0, 0.1) is 0 Å². The Morgan fingerprint density at radius 1 is 1.00 bits per heavy atom. The van der Waals surface area contributed by atoms with Gasteiger partial charge in [-0.2, -0.15) is 0 Å². The van der Waals surface area contributed by atoms with Crippen LogP contribution < -0.4 is 9.64 Å². The molecule has 128 valence electrons. The number of hydrogen-bond acceptors (Lipinski definition) is 3. The predicted octanol–water partition coefficient (Wildman–Crippen LogP) is 4.16. The average Bonchev–Trinajstić information content (AvgIpc) is 2.63. The van der Waals surface area contributed by atoms with Gasteiger partial charge in [-0.25, -0.2) is 0 Å². The highest BCUT2D eigenvalue weighted by molar-refractivity contribution is 6.07. The van der Waals surface area contributed by atoms with E-state index in [0.717, 1.165) is 18.5 Å². The number of anilines is 1. The second-order valence-electron chi connectivity index (χ2n) is 5.48. The maximum absolute atomic E-state index is 13.1. The van der Waals surface area contributed by atoms with Crippen molar-refractivity contribution in [3.8, 4) is 5.75 Å². The molecule has 24 heavy (non-hydrogen) atoms. The second-order valence-corrected chi connectivity index (χ2v) is 5.48. The molecule has 2 rings (SSSR count). The molecule has 4 nitrogen and oxygen atoms in total. The van der Waals surface area contributed by atoms with Gasteiger partial charge in [-0.15, -0.1) is 0 Å². The Balaban J connectivity index is 2.26. The molecule has 0 bridgehead atoms. The fourth-order valence-electron chi connectivity index (χ4n) is 2.42. The van der Waals surface area contributed by atoms with E-state index < -0.39 is 0 Å². The number of amides is 1. The first-order valence-electron chi connectivity index (χ1n) is 8.35. The Morgan fingerprint density at radius 3 is 2.42 bits per heavy atom. The molecule has 0 aliphatic heterocycles. The number of rotatable bonds is 9. The molecule has 0 radical (unpaired) electrons. The van der Waals surface area contributed by atoms with Crippen molar-refractivity contribution >= 4 is 11.6 Å². The minimum absolute atomic E-state index is 0.0392. The summed E-state index contributed by atoms with van der Waals surface area (Å²) in [6.45, 7) is 3.71. The van der Waals surface area contributed by atoms with E-state index in [1.807, 2.05) is 59.5 Å². The number of benzene rings is 2. The third kappa shape index (κ3) is 4.83. The Labute approximate surface area is 144 Å². The lowest BCUT2D eigenvalue weighted by Gasteiger charge is -2.24. The van der Waals surface area contributed by atoms with Crippen LogP contribution in [0.25, 0.3) is 0 Å². The van der Waals surface area contributed by atoms with Gasteiger partial charge in [0.05, 0.1) is 12.2 Å². The average molecular weight is 327 g/mol. The standard InChI is InChI=1S/C20H25NO3/c1-3-4-14-21(17-10-6-5-7-11-17)20(22)18-12-8-9-13-19(18)24-16-15-23-2/h5-13H,3-4,14-16H2,1-2H3. The first kappa shape index (κ1) is 18.0. The third-order valence-electron chi connectivity index (χ3n) is 3.71. The lowest BCUT2D eigenvalue weighted by Crippen LogP contribution is -2.32. The van der Waals surface area contributed by atoms with Crippen molar-refractivity contribution in [2.75, 3.05) is 31.8 Å². The van der Waals surface area contributed by atoms with Gasteiger partial charge < -0.3 is 14.4 Å². The molecule has 2 aromatic carbocycles. The molecule has 0 N–H and O–H groups in total. The molecule has 0 heterocycles. The van der Waals surface area contributed by atoms with Crippen LogP contribution in [0.5, 0.6) is 5.75 Å². The summed E-state index contributed by atoms with van der Waals surface area (Å²) >= 11 is 0. The van der Waals surface area contributed by atoms with Crippen LogP contribution in [0.2, 0.25) is 0 Å². The van der Waals surface area contributed by atoms with Crippen molar-refractivity contribution in [2.45, 2.75) is 19.8 Å². The molecule has 0 fully saturated rings. The zero-order chi connectivity index (χ0) is 17.2. The maximum Gasteiger partial charge on any atom is 0.262 e. The van der Waals surface area contributed by atoms with Crippen molar-refractivity contribution in [1.82, 2.24) is 0 Å². The van der Waals surface area contributed by atoms with E-state index in [1.54, 1.807) is 7.11 Å². The van der Waals surface area contributed by atoms with E-state index in [4.69, 9.17) is 9.47 Å². The number of para-hydroxylation sites is 2. The zero-order valence-electron chi connectivity index (χ0n) is 14.4. The van der Waals surface area contributed by atoms with Crippen LogP contribution in [0.3, 0.4) is 0 Å². The smallest absolute Gasteiger partial charge is 0.262 e. The number of methoxy groups -OCH3 is 1. The SMILES string of the molecule is CCCCN(C(=O)c1ccccc1OCCOC)c1ccccc1. The summed E-state index contributed by atoms with van der Waals surface area (Å²) in [7, 11) is 1.63. The number of ether oxygens (including phenoxy) is 2. The van der Waals surface area contributed by atoms with Gasteiger partial charge in [0.1, 0.15) is 12.4 Å². The molecule has 0 spiro atoms. The van der Waals surface area contributed by atoms with Gasteiger partial charge in [-0.05, 0) is 30.7 Å². The highest BCUT2D eigenvalue weighted by atomic mass is 16.5. The van der Waals surface area contributed by atoms with Crippen molar-refractivity contribution in [3.05, 3.63) is 60.2 Å². The normalized spacial score (nSPS) is 10.4. The van der Waals surface area contributed by atoms with E-state index in [1.165, 1.54) is 0 Å². The number of unbranched alkanes of at least 4 members (excludes halogenated alkanes) is 1. The van der Waals surface area contributed by atoms with Crippen LogP contribution in [0.4, 0.5) is 5.69 Å². The number of hydrogen-bond donors (Lipinski definition) is 0. The monoisotopic (exact) mass is 327 g/mol. The number of carbonyl (C=O) groups is 1. The molecule has 0 aliphatic rings. The first-order chi connectivity index (χ1) is 11.8. The fourth-order valence-corrected chi connectivity index (χ4v) is 2.42. The molecule has 0 aliphatic carbocycles. The van der Waals surface area contributed by atoms with Crippen molar-refractivity contribution in [2.24, 2.45) is 0 Å². The molecule has 4 heteroatoms. The fraction of sp³-hybridized carbons (Fsp3) is 0.350. The van der Waals surface area contributed by atoms with Gasteiger partial charge in [0.25, 0.3) is 5.91 Å². The highest BCUT2D eigenvalue weighted by Crippen LogP contribution is 2.24. The minimum atomic E-state index is -0.0392. The van der Waals surface area contributed by atoms with Gasteiger partial charge in [0.15, 0.2) is 0 Å². The zero-order valence-corrected chi connectivity index (χ0v) is 14.4. The summed E-state index contributed by atoms with van der Waals surface area (Å²) in [6, 6.07) is 17.1. The highest BCUT2D eigenvalue weighted by Gasteiger charge is 2.20. The number of nitrogens with zero attached hydrogens (tertiary/aromatic N) is 1. The molecule has 0 aromatic heterocycles. The molecule has 2 aromatic rings. The van der Waals surface area contributed by atoms with E-state index >= 15 is 0 Å². The largest absolute Gasteiger partial charge is 0.490 e. The summed E-state index contributed by atoms with van der Waals surface area (Å²) in [5.41, 5.74) is 1.48. The maximum atomic E-state index is 13.1. The van der Waals surface area contributed by atoms with E-state index in [9.17, 15) is 4.79 Å². The van der Waals surface area contributed by atoms with Crippen LogP contribution in [-0.2, 0) is 4.74 Å². The van der Waals surface area contributed by atoms with Gasteiger partial charge in [0, 0.05) is 19.3 Å². The summed E-state index contributed by atoms with van der Waals surface area (Å²) in [5.74, 6) is 0.555. The van der Waals surface area contributed by atoms with E-state index in [0.29, 0.717) is 31.1 Å². The topological polar surface area (TPSA) is 38.8 Å². The summed E-state index contributed by atoms with van der Waals surface area (Å²) < 4.78 is 10.7. The Morgan fingerprint density at radius 2 is 1.71 bits per heavy atom. The lowest BCUT2D eigenvalue weighted by molar-refractivity contribution is 0.0978. The Bertz CT molecular complexity index is 628. The summed E-state index contributed by atoms with van der Waals surface area (Å²) in [6.07, 6.45) is 1.98. The van der Waals surface area contributed by atoms with Crippen LogP contribution in [0.1, 0.15) is 30.1 Å². The third-order valence-corrected chi connectivity index (χ3v) is 3.71. The molecule has 0 saturated heterocycles. The van der Waals surface area contributed by atoms with Crippen molar-refractivity contribution < 1.29 is 14.3 Å². The second kappa shape index (κ2) is 9.73. The molecular weight excluding hydrogens is 302 g/mol. The van der Waals surface area contributed by atoms with Crippen molar-refractivity contribution in [1.29, 1.82) is 0 Å². The van der Waals surface area contributed by atoms with Gasteiger partial charge >= 0.3 is 0 Å². The Hall–Kier alpha value is -2.33. The van der Waals surface area contributed by atoms with E-state index in [2.05, 4.69) is 6.92 Å². The van der Waals surface area contributed by atoms with Gasteiger partial charge in [-0.1, -0.05) is 43.7 Å². The van der Waals surface area contributed by atoms with Gasteiger partial charge in [-0.3, -0.25) is 4.79 Å². The molecule has 1 amide bonds. The van der Waals surface area contributed by atoms with Crippen LogP contribution >= 0.6 is 0 Å². The lowest BCUT2D eigenvalue weighted by atomic mass is 10.1. The summed E-state index contributed by atoms with van der Waals surface area (Å²) in [5, 5.41) is 0. The van der Waals surface area contributed by atoms with Crippen LogP contribution in [-0.4, -0.2) is 32.8 Å². The summed E-state index contributed by atoms with van der Waals surface area (Å²) in [4.78, 5) is 14.9.